The summed E-state index contributed by atoms with van der Waals surface area (Å²) in [6.07, 6.45) is -0.00392. The molecule has 0 aliphatic carbocycles. The van der Waals surface area contributed by atoms with Crippen molar-refractivity contribution in [3.05, 3.63) is 41.2 Å². The normalized spacial score (nSPS) is 11.4. The molecule has 0 spiro atoms. The fraction of sp³-hybridized carbons (Fsp3) is 0.333. The van der Waals surface area contributed by atoms with E-state index >= 15 is 0 Å². The van der Waals surface area contributed by atoms with Gasteiger partial charge in [-0.3, -0.25) is 4.79 Å². The smallest absolute Gasteiger partial charge is 0.240 e. The van der Waals surface area contributed by atoms with Gasteiger partial charge in [-0.1, -0.05) is 22.9 Å². The predicted molar refractivity (Wildman–Crippen MR) is 85.6 cm³/mol. The highest BCUT2D eigenvalue weighted by atomic mass is 32.2. The molecule has 0 radical (unpaired) electrons. The van der Waals surface area contributed by atoms with Gasteiger partial charge in [0.2, 0.25) is 15.9 Å². The first kappa shape index (κ1) is 17.2. The van der Waals surface area contributed by atoms with Crippen molar-refractivity contribution in [3.63, 3.8) is 0 Å². The van der Waals surface area contributed by atoms with Crippen LogP contribution < -0.4 is 10.0 Å². The van der Waals surface area contributed by atoms with Crippen LogP contribution in [-0.2, 0) is 14.8 Å². The fourth-order valence-electron chi connectivity index (χ4n) is 2.11. The van der Waals surface area contributed by atoms with Gasteiger partial charge in [0.25, 0.3) is 0 Å². The van der Waals surface area contributed by atoms with Gasteiger partial charge in [-0.2, -0.15) is 0 Å². The fourth-order valence-corrected chi connectivity index (χ4v) is 3.36. The summed E-state index contributed by atoms with van der Waals surface area (Å²) < 4.78 is 31.7. The van der Waals surface area contributed by atoms with Crippen LogP contribution in [0.4, 0.5) is 5.82 Å². The summed E-state index contributed by atoms with van der Waals surface area (Å²) in [5, 5.41) is 6.16. The zero-order chi connectivity index (χ0) is 17.0. The van der Waals surface area contributed by atoms with Crippen molar-refractivity contribution in [2.24, 2.45) is 0 Å². The molecule has 1 heterocycles. The van der Waals surface area contributed by atoms with Gasteiger partial charge < -0.3 is 9.84 Å². The van der Waals surface area contributed by atoms with E-state index in [2.05, 4.69) is 15.2 Å². The molecule has 0 bridgehead atoms. The first-order chi connectivity index (χ1) is 10.8. The zero-order valence-corrected chi connectivity index (χ0v) is 14.0. The number of nitrogens with zero attached hydrogens (tertiary/aromatic N) is 1. The third-order valence-electron chi connectivity index (χ3n) is 3.16. The van der Waals surface area contributed by atoms with Crippen molar-refractivity contribution in [1.82, 2.24) is 9.88 Å². The predicted octanol–water partition coefficient (Wildman–Crippen LogP) is 1.91. The molecule has 2 aromatic rings. The summed E-state index contributed by atoms with van der Waals surface area (Å²) in [7, 11) is -3.64. The third-order valence-corrected chi connectivity index (χ3v) is 4.78. The van der Waals surface area contributed by atoms with E-state index in [1.54, 1.807) is 38.1 Å². The Hall–Kier alpha value is -2.19. The third kappa shape index (κ3) is 4.64. The van der Waals surface area contributed by atoms with Crippen LogP contribution in [0.3, 0.4) is 0 Å². The van der Waals surface area contributed by atoms with Crippen molar-refractivity contribution < 1.29 is 17.7 Å². The molecule has 124 valence electrons. The van der Waals surface area contributed by atoms with E-state index in [4.69, 9.17) is 4.52 Å². The van der Waals surface area contributed by atoms with Gasteiger partial charge in [-0.15, -0.1) is 0 Å². The summed E-state index contributed by atoms with van der Waals surface area (Å²) in [6.45, 7) is 5.34. The lowest BCUT2D eigenvalue weighted by atomic mass is 10.2. The molecule has 0 saturated heterocycles. The van der Waals surface area contributed by atoms with Crippen LogP contribution in [-0.4, -0.2) is 26.0 Å². The molecule has 0 aliphatic heterocycles. The number of benzene rings is 1. The average Bonchev–Trinajstić information content (AvgIpc) is 2.83. The van der Waals surface area contributed by atoms with Gasteiger partial charge in [0.1, 0.15) is 5.76 Å². The lowest BCUT2D eigenvalue weighted by molar-refractivity contribution is -0.116. The van der Waals surface area contributed by atoms with Gasteiger partial charge in [0, 0.05) is 19.0 Å². The van der Waals surface area contributed by atoms with Crippen LogP contribution in [0.2, 0.25) is 0 Å². The van der Waals surface area contributed by atoms with E-state index < -0.39 is 10.0 Å². The number of amides is 1. The Balaban J connectivity index is 1.90. The van der Waals surface area contributed by atoms with Crippen molar-refractivity contribution in [1.29, 1.82) is 0 Å². The molecule has 2 N–H and O–H groups in total. The minimum atomic E-state index is -3.64. The molecule has 2 rings (SSSR count). The molecule has 8 heteroatoms. The molecule has 0 atom stereocenters. The molecule has 1 aromatic heterocycles. The van der Waals surface area contributed by atoms with E-state index in [9.17, 15) is 13.2 Å². The summed E-state index contributed by atoms with van der Waals surface area (Å²) in [5.41, 5.74) is 1.66. The van der Waals surface area contributed by atoms with E-state index in [0.717, 1.165) is 5.56 Å². The molecule has 7 nitrogen and oxygen atoms in total. The highest BCUT2D eigenvalue weighted by Gasteiger charge is 2.17. The van der Waals surface area contributed by atoms with Crippen molar-refractivity contribution in [3.8, 4) is 0 Å². The standard InChI is InChI=1S/C15H19N3O4S/c1-10-4-5-13(11(2)8-10)23(20,21)16-7-6-15(19)17-14-9-12(3)22-18-14/h4-5,8-9,16H,6-7H2,1-3H3,(H,17,18,19). The Labute approximate surface area is 135 Å². The van der Waals surface area contributed by atoms with Crippen LogP contribution in [0.1, 0.15) is 23.3 Å². The monoisotopic (exact) mass is 337 g/mol. The second-order valence-corrected chi connectivity index (χ2v) is 7.02. The molecule has 0 fully saturated rings. The van der Waals surface area contributed by atoms with Gasteiger partial charge in [-0.05, 0) is 32.4 Å². The number of aryl methyl sites for hydroxylation is 3. The minimum Gasteiger partial charge on any atom is -0.360 e. The quantitative estimate of drug-likeness (QED) is 0.838. The van der Waals surface area contributed by atoms with Crippen LogP contribution >= 0.6 is 0 Å². The van der Waals surface area contributed by atoms with E-state index in [-0.39, 0.29) is 23.8 Å². The van der Waals surface area contributed by atoms with Crippen LogP contribution in [0.25, 0.3) is 0 Å². The summed E-state index contributed by atoms with van der Waals surface area (Å²) in [5.74, 6) is 0.544. The largest absolute Gasteiger partial charge is 0.360 e. The molecule has 23 heavy (non-hydrogen) atoms. The number of aromatic nitrogens is 1. The van der Waals surface area contributed by atoms with E-state index in [1.165, 1.54) is 0 Å². The highest BCUT2D eigenvalue weighted by molar-refractivity contribution is 7.89. The van der Waals surface area contributed by atoms with Gasteiger partial charge in [0.15, 0.2) is 5.82 Å². The first-order valence-corrected chi connectivity index (χ1v) is 8.56. The maximum atomic E-state index is 12.2. The van der Waals surface area contributed by atoms with Crippen molar-refractivity contribution >= 4 is 21.7 Å². The van der Waals surface area contributed by atoms with Crippen LogP contribution in [0.5, 0.6) is 0 Å². The van der Waals surface area contributed by atoms with E-state index in [1.807, 2.05) is 6.92 Å². The summed E-state index contributed by atoms with van der Waals surface area (Å²) in [4.78, 5) is 11.9. The van der Waals surface area contributed by atoms with E-state index in [0.29, 0.717) is 17.1 Å². The molecule has 1 aromatic carbocycles. The SMILES string of the molecule is Cc1ccc(S(=O)(=O)NCCC(=O)Nc2cc(C)on2)c(C)c1. The molecular weight excluding hydrogens is 318 g/mol. The number of anilines is 1. The second kappa shape index (κ2) is 6.93. The van der Waals surface area contributed by atoms with Crippen molar-refractivity contribution in [2.45, 2.75) is 32.1 Å². The minimum absolute atomic E-state index is 0.00167. The average molecular weight is 337 g/mol. The Morgan fingerprint density at radius 3 is 2.57 bits per heavy atom. The van der Waals surface area contributed by atoms with Crippen LogP contribution in [0.15, 0.2) is 33.7 Å². The molecule has 0 aliphatic rings. The molecule has 0 saturated carbocycles. The number of rotatable bonds is 6. The molecule has 1 amide bonds. The number of sulfonamides is 1. The van der Waals surface area contributed by atoms with Crippen LogP contribution in [0, 0.1) is 20.8 Å². The molecular formula is C15H19N3O4S. The van der Waals surface area contributed by atoms with Gasteiger partial charge >= 0.3 is 0 Å². The number of hydrogen-bond donors (Lipinski definition) is 2. The maximum Gasteiger partial charge on any atom is 0.240 e. The summed E-state index contributed by atoms with van der Waals surface area (Å²) >= 11 is 0. The number of nitrogens with one attached hydrogen (secondary N) is 2. The number of carbonyl (C=O) groups excluding carboxylic acids is 1. The summed E-state index contributed by atoms with van der Waals surface area (Å²) in [6, 6.07) is 6.68. The van der Waals surface area contributed by atoms with Gasteiger partial charge in [0.05, 0.1) is 4.90 Å². The Morgan fingerprint density at radius 1 is 1.22 bits per heavy atom. The lowest BCUT2D eigenvalue weighted by Gasteiger charge is -2.09. The van der Waals surface area contributed by atoms with Gasteiger partial charge in [-0.25, -0.2) is 13.1 Å². The number of hydrogen-bond acceptors (Lipinski definition) is 5. The topological polar surface area (TPSA) is 101 Å². The first-order valence-electron chi connectivity index (χ1n) is 7.08. The maximum absolute atomic E-state index is 12.2. The number of carbonyl (C=O) groups is 1. The second-order valence-electron chi connectivity index (χ2n) is 5.29. The lowest BCUT2D eigenvalue weighted by Crippen LogP contribution is -2.28. The Kier molecular flexibility index (Phi) is 5.17. The zero-order valence-electron chi connectivity index (χ0n) is 13.2. The Bertz CT molecular complexity index is 812. The molecule has 0 unspecified atom stereocenters. The Morgan fingerprint density at radius 2 is 1.96 bits per heavy atom. The van der Waals surface area contributed by atoms with Crippen molar-refractivity contribution in [2.75, 3.05) is 11.9 Å². The highest BCUT2D eigenvalue weighted by Crippen LogP contribution is 2.16.